The number of urea groups is 1. The van der Waals surface area contributed by atoms with E-state index in [0.717, 1.165) is 10.9 Å². The Hall–Kier alpha value is -4.45. The number of aromatic nitrogens is 2. The van der Waals surface area contributed by atoms with E-state index >= 15 is 0 Å². The zero-order valence-corrected chi connectivity index (χ0v) is 17.0. The maximum Gasteiger partial charge on any atom is 0.323 e. The molecule has 0 spiro atoms. The Morgan fingerprint density at radius 3 is 2.84 bits per heavy atom. The van der Waals surface area contributed by atoms with E-state index in [2.05, 4.69) is 32.4 Å². The maximum atomic E-state index is 13.0. The molecule has 0 saturated carbocycles. The molecule has 0 aliphatic carbocycles. The zero-order chi connectivity index (χ0) is 22.3. The molecular weight excluding hydrogens is 410 g/mol. The fourth-order valence-corrected chi connectivity index (χ4v) is 3.82. The van der Waals surface area contributed by atoms with Gasteiger partial charge in [0.25, 0.3) is 11.8 Å². The Morgan fingerprint density at radius 1 is 1.19 bits per heavy atom. The van der Waals surface area contributed by atoms with Gasteiger partial charge in [0, 0.05) is 35.5 Å². The molecule has 3 aromatic rings. The molecule has 2 N–H and O–H groups in total. The molecule has 2 aliphatic rings. The Kier molecular flexibility index (Phi) is 4.48. The fraction of sp³-hybridized carbons (Fsp3) is 0.174. The topological polar surface area (TPSA) is 114 Å². The van der Waals surface area contributed by atoms with E-state index in [9.17, 15) is 14.4 Å². The van der Waals surface area contributed by atoms with Crippen LogP contribution >= 0.6 is 0 Å². The summed E-state index contributed by atoms with van der Waals surface area (Å²) in [7, 11) is 1.53. The number of fused-ring (bicyclic) bond motifs is 2. The van der Waals surface area contributed by atoms with Crippen LogP contribution in [0.5, 0.6) is 5.75 Å². The number of rotatable bonds is 3. The van der Waals surface area contributed by atoms with Crippen LogP contribution in [0.4, 0.5) is 4.79 Å². The molecule has 5 rings (SSSR count). The average molecular weight is 427 g/mol. The molecule has 0 unspecified atom stereocenters. The second-order valence-corrected chi connectivity index (χ2v) is 7.52. The van der Waals surface area contributed by atoms with Crippen molar-refractivity contribution >= 4 is 28.9 Å². The van der Waals surface area contributed by atoms with Gasteiger partial charge < -0.3 is 15.0 Å². The lowest BCUT2D eigenvalue weighted by atomic mass is 9.99. The molecule has 1 aromatic carbocycles. The normalized spacial score (nSPS) is 19.3. The highest BCUT2D eigenvalue weighted by molar-refractivity contribution is 6.10. The molecule has 32 heavy (non-hydrogen) atoms. The number of hydrogen-bond acceptors (Lipinski definition) is 6. The van der Waals surface area contributed by atoms with E-state index in [1.807, 2.05) is 12.1 Å². The number of benzene rings is 1. The maximum absolute atomic E-state index is 13.0. The number of nitrogens with zero attached hydrogens (tertiary/aromatic N) is 3. The number of imide groups is 1. The van der Waals surface area contributed by atoms with Crippen LogP contribution in [0.2, 0.25) is 0 Å². The van der Waals surface area contributed by atoms with Gasteiger partial charge in [0.1, 0.15) is 5.75 Å². The summed E-state index contributed by atoms with van der Waals surface area (Å²) in [6.07, 6.45) is 3.20. The lowest BCUT2D eigenvalue weighted by Gasteiger charge is -2.26. The van der Waals surface area contributed by atoms with Crippen LogP contribution in [0.3, 0.4) is 0 Å². The molecule has 0 radical (unpaired) electrons. The molecule has 2 aliphatic heterocycles. The number of pyridine rings is 2. The number of amides is 4. The number of carbonyl (C=O) groups excluding carboxylic acids is 3. The standard InChI is InChI=1S/C23H17N5O4/c1-32-17-5-4-16-12-28(20(29)18(16)10-17)13-23(21(30)26-22(31)27-23)7-6-14-9-15-3-2-8-24-19(15)25-11-14/h2-5,8-11H,12-13H2,1H3,(H2,26,27,30,31)/t23-/m0/s1. The number of carbonyl (C=O) groups is 3. The van der Waals surface area contributed by atoms with Gasteiger partial charge in [-0.1, -0.05) is 17.9 Å². The SMILES string of the molecule is COc1ccc2c(c1)C(=O)N(C[C@]1(C#Cc3cnc4ncccc4c3)NC(=O)NC1=O)C2. The third-order valence-electron chi connectivity index (χ3n) is 5.44. The lowest BCUT2D eigenvalue weighted by Crippen LogP contribution is -2.54. The Bertz CT molecular complexity index is 1360. The van der Waals surface area contributed by atoms with Crippen LogP contribution in [0.15, 0.2) is 48.8 Å². The first kappa shape index (κ1) is 19.5. The highest BCUT2D eigenvalue weighted by Crippen LogP contribution is 2.28. The van der Waals surface area contributed by atoms with E-state index in [1.165, 1.54) is 12.0 Å². The number of nitrogens with one attached hydrogen (secondary N) is 2. The summed E-state index contributed by atoms with van der Waals surface area (Å²) in [4.78, 5) is 47.6. The summed E-state index contributed by atoms with van der Waals surface area (Å²) in [5.41, 5.74) is 0.872. The minimum atomic E-state index is -1.58. The van der Waals surface area contributed by atoms with Crippen molar-refractivity contribution in [3.8, 4) is 17.6 Å². The molecule has 9 nitrogen and oxygen atoms in total. The van der Waals surface area contributed by atoms with E-state index in [0.29, 0.717) is 29.1 Å². The first-order chi connectivity index (χ1) is 15.5. The molecule has 2 aromatic heterocycles. The minimum absolute atomic E-state index is 0.101. The van der Waals surface area contributed by atoms with Gasteiger partial charge in [-0.2, -0.15) is 0 Å². The van der Waals surface area contributed by atoms with Gasteiger partial charge in [-0.15, -0.1) is 0 Å². The second kappa shape index (κ2) is 7.35. The third-order valence-corrected chi connectivity index (χ3v) is 5.44. The van der Waals surface area contributed by atoms with Gasteiger partial charge in [-0.25, -0.2) is 14.8 Å². The van der Waals surface area contributed by atoms with E-state index in [1.54, 1.807) is 36.7 Å². The van der Waals surface area contributed by atoms with Crippen molar-refractivity contribution in [1.82, 2.24) is 25.5 Å². The Balaban J connectivity index is 1.47. The highest BCUT2D eigenvalue weighted by atomic mass is 16.5. The van der Waals surface area contributed by atoms with E-state index < -0.39 is 17.5 Å². The van der Waals surface area contributed by atoms with E-state index in [4.69, 9.17) is 4.74 Å². The number of hydrogen-bond donors (Lipinski definition) is 2. The fourth-order valence-electron chi connectivity index (χ4n) is 3.82. The Labute approximate surface area is 182 Å². The van der Waals surface area contributed by atoms with Crippen molar-refractivity contribution in [2.24, 2.45) is 0 Å². The summed E-state index contributed by atoms with van der Waals surface area (Å²) >= 11 is 0. The largest absolute Gasteiger partial charge is 0.497 e. The smallest absolute Gasteiger partial charge is 0.323 e. The predicted molar refractivity (Wildman–Crippen MR) is 114 cm³/mol. The first-order valence-electron chi connectivity index (χ1n) is 9.81. The summed E-state index contributed by atoms with van der Waals surface area (Å²) in [6, 6.07) is 10.0. The number of methoxy groups -OCH3 is 1. The minimum Gasteiger partial charge on any atom is -0.497 e. The van der Waals surface area contributed by atoms with Crippen LogP contribution in [-0.4, -0.2) is 51.9 Å². The quantitative estimate of drug-likeness (QED) is 0.480. The molecule has 158 valence electrons. The van der Waals surface area contributed by atoms with Crippen LogP contribution < -0.4 is 15.4 Å². The van der Waals surface area contributed by atoms with Gasteiger partial charge in [0.2, 0.25) is 5.54 Å². The summed E-state index contributed by atoms with van der Waals surface area (Å²) < 4.78 is 5.20. The van der Waals surface area contributed by atoms with Gasteiger partial charge in [-0.3, -0.25) is 14.9 Å². The molecular formula is C23H17N5O4. The van der Waals surface area contributed by atoms with Crippen molar-refractivity contribution in [2.75, 3.05) is 13.7 Å². The molecule has 1 atom stereocenters. The third kappa shape index (κ3) is 3.28. The summed E-state index contributed by atoms with van der Waals surface area (Å²) in [6.45, 7) is 0.198. The van der Waals surface area contributed by atoms with Crippen molar-refractivity contribution in [3.63, 3.8) is 0 Å². The molecule has 9 heteroatoms. The molecule has 1 fully saturated rings. The van der Waals surface area contributed by atoms with Crippen molar-refractivity contribution in [1.29, 1.82) is 0 Å². The average Bonchev–Trinajstić information content (AvgIpc) is 3.26. The van der Waals surface area contributed by atoms with Crippen LogP contribution in [0, 0.1) is 11.8 Å². The van der Waals surface area contributed by atoms with Crippen LogP contribution in [0.25, 0.3) is 11.0 Å². The highest BCUT2D eigenvalue weighted by Gasteiger charge is 2.48. The van der Waals surface area contributed by atoms with E-state index in [-0.39, 0.29) is 12.5 Å². The number of ether oxygens (including phenoxy) is 1. The molecule has 1 saturated heterocycles. The van der Waals surface area contributed by atoms with Gasteiger partial charge in [0.05, 0.1) is 13.7 Å². The zero-order valence-electron chi connectivity index (χ0n) is 17.0. The molecule has 0 bridgehead atoms. The molecule has 4 amide bonds. The summed E-state index contributed by atoms with van der Waals surface area (Å²) in [5, 5.41) is 5.62. The Morgan fingerprint density at radius 2 is 2.06 bits per heavy atom. The van der Waals surface area contributed by atoms with Gasteiger partial charge in [0.15, 0.2) is 5.65 Å². The van der Waals surface area contributed by atoms with Gasteiger partial charge >= 0.3 is 6.03 Å². The van der Waals surface area contributed by atoms with Crippen molar-refractivity contribution < 1.29 is 19.1 Å². The van der Waals surface area contributed by atoms with Gasteiger partial charge in [-0.05, 0) is 35.9 Å². The molecule has 4 heterocycles. The first-order valence-corrected chi connectivity index (χ1v) is 9.81. The van der Waals surface area contributed by atoms with Crippen molar-refractivity contribution in [2.45, 2.75) is 12.1 Å². The predicted octanol–water partition coefficient (Wildman–Crippen LogP) is 1.22. The summed E-state index contributed by atoms with van der Waals surface area (Å²) in [5.74, 6) is 5.51. The second-order valence-electron chi connectivity index (χ2n) is 7.52. The lowest BCUT2D eigenvalue weighted by molar-refractivity contribution is -0.122. The van der Waals surface area contributed by atoms with Crippen LogP contribution in [-0.2, 0) is 11.3 Å². The monoisotopic (exact) mass is 427 g/mol. The van der Waals surface area contributed by atoms with Crippen molar-refractivity contribution in [3.05, 3.63) is 65.5 Å². The van der Waals surface area contributed by atoms with Crippen LogP contribution in [0.1, 0.15) is 21.5 Å².